The lowest BCUT2D eigenvalue weighted by Crippen LogP contribution is -2.41. The number of hydrogen-bond acceptors (Lipinski definition) is 4. The van der Waals surface area contributed by atoms with Gasteiger partial charge in [0, 0.05) is 0 Å². The molecule has 20 heavy (non-hydrogen) atoms. The molecule has 0 bridgehead atoms. The second-order valence-electron chi connectivity index (χ2n) is 4.57. The van der Waals surface area contributed by atoms with Crippen molar-refractivity contribution in [2.24, 2.45) is 0 Å². The summed E-state index contributed by atoms with van der Waals surface area (Å²) in [6, 6.07) is 5.50. The fourth-order valence-corrected chi connectivity index (χ4v) is 2.78. The van der Waals surface area contributed by atoms with Crippen molar-refractivity contribution in [3.63, 3.8) is 0 Å². The van der Waals surface area contributed by atoms with Gasteiger partial charge < -0.3 is 10.4 Å². The van der Waals surface area contributed by atoms with Crippen molar-refractivity contribution in [1.29, 1.82) is 0 Å². The zero-order valence-electron chi connectivity index (χ0n) is 11.4. The van der Waals surface area contributed by atoms with Crippen molar-refractivity contribution in [2.75, 3.05) is 11.9 Å². The Bertz CT molecular complexity index is 534. The summed E-state index contributed by atoms with van der Waals surface area (Å²) in [6.45, 7) is 3.44. The van der Waals surface area contributed by atoms with E-state index in [9.17, 15) is 22.3 Å². The van der Waals surface area contributed by atoms with Crippen molar-refractivity contribution in [3.05, 3.63) is 24.3 Å². The van der Waals surface area contributed by atoms with E-state index in [4.69, 9.17) is 0 Å². The molecule has 0 aromatic heterocycles. The Hall–Kier alpha value is -1.21. The zero-order chi connectivity index (χ0) is 15.4. The number of nitrogens with one attached hydrogen (secondary N) is 1. The highest BCUT2D eigenvalue weighted by Crippen LogP contribution is 2.30. The van der Waals surface area contributed by atoms with Crippen LogP contribution in [0.1, 0.15) is 26.7 Å². The number of anilines is 1. The van der Waals surface area contributed by atoms with Gasteiger partial charge in [-0.25, -0.2) is 8.42 Å². The minimum Gasteiger partial charge on any atom is -0.394 e. The van der Waals surface area contributed by atoms with Crippen LogP contribution in [0.25, 0.3) is 0 Å². The van der Waals surface area contributed by atoms with Crippen molar-refractivity contribution in [3.8, 4) is 0 Å². The maximum absolute atomic E-state index is 12.7. The molecule has 0 aliphatic carbocycles. The van der Waals surface area contributed by atoms with E-state index in [1.54, 1.807) is 6.07 Å². The van der Waals surface area contributed by atoms with Gasteiger partial charge in [-0.3, -0.25) is 0 Å². The van der Waals surface area contributed by atoms with Gasteiger partial charge in [0.2, 0.25) is 9.84 Å². The van der Waals surface area contributed by atoms with Crippen LogP contribution in [0.15, 0.2) is 29.2 Å². The zero-order valence-corrected chi connectivity index (χ0v) is 12.3. The van der Waals surface area contributed by atoms with Crippen LogP contribution in [-0.4, -0.2) is 31.4 Å². The summed E-state index contributed by atoms with van der Waals surface area (Å²) in [5.41, 5.74) is -0.640. The number of aliphatic hydroxyl groups excluding tert-OH is 1. The molecule has 2 N–H and O–H groups in total. The third-order valence-corrected chi connectivity index (χ3v) is 4.92. The first-order valence-corrected chi connectivity index (χ1v) is 7.87. The fourth-order valence-electron chi connectivity index (χ4n) is 1.89. The normalized spacial score (nSPS) is 12.7. The summed E-state index contributed by atoms with van der Waals surface area (Å²) < 4.78 is 48.7. The van der Waals surface area contributed by atoms with Gasteiger partial charge in [-0.1, -0.05) is 26.0 Å². The highest BCUT2D eigenvalue weighted by molar-refractivity contribution is 7.91. The van der Waals surface area contributed by atoms with E-state index in [-0.39, 0.29) is 12.3 Å². The maximum Gasteiger partial charge on any atom is 0.341 e. The summed E-state index contributed by atoms with van der Waals surface area (Å²) in [4.78, 5) is -0.449. The van der Waals surface area contributed by atoms with Gasteiger partial charge in [0.05, 0.1) is 22.7 Å². The largest absolute Gasteiger partial charge is 0.394 e. The molecule has 114 valence electrons. The standard InChI is InChI=1S/C13H19F2NO3S/c1-3-13(4-2,9-17)16-10-7-5-6-8-11(10)20(18,19)12(14)15/h5-8,12,16-17H,3-4,9H2,1-2H3. The van der Waals surface area contributed by atoms with Crippen molar-refractivity contribution in [2.45, 2.75) is 42.9 Å². The molecule has 0 aliphatic rings. The number of rotatable bonds is 7. The predicted octanol–water partition coefficient (Wildman–Crippen LogP) is 2.65. The Balaban J connectivity index is 3.28. The number of alkyl halides is 2. The van der Waals surface area contributed by atoms with Crippen LogP contribution < -0.4 is 5.32 Å². The van der Waals surface area contributed by atoms with E-state index in [0.29, 0.717) is 12.8 Å². The molecule has 1 aromatic carbocycles. The van der Waals surface area contributed by atoms with Crippen LogP contribution >= 0.6 is 0 Å². The van der Waals surface area contributed by atoms with Crippen molar-refractivity contribution in [1.82, 2.24) is 0 Å². The van der Waals surface area contributed by atoms with Crippen LogP contribution in [0, 0.1) is 0 Å². The molecule has 4 nitrogen and oxygen atoms in total. The van der Waals surface area contributed by atoms with Gasteiger partial charge in [-0.15, -0.1) is 0 Å². The molecule has 0 radical (unpaired) electrons. The van der Waals surface area contributed by atoms with E-state index < -0.39 is 26.0 Å². The minimum atomic E-state index is -4.68. The third kappa shape index (κ3) is 3.27. The second kappa shape index (κ2) is 6.49. The Morgan fingerprint density at radius 2 is 1.80 bits per heavy atom. The van der Waals surface area contributed by atoms with Gasteiger partial charge in [-0.05, 0) is 25.0 Å². The number of benzene rings is 1. The quantitative estimate of drug-likeness (QED) is 0.813. The Morgan fingerprint density at radius 1 is 1.25 bits per heavy atom. The molecule has 0 aliphatic heterocycles. The van der Waals surface area contributed by atoms with Gasteiger partial charge in [0.1, 0.15) is 0 Å². The van der Waals surface area contributed by atoms with E-state index in [1.807, 2.05) is 13.8 Å². The van der Waals surface area contributed by atoms with Crippen LogP contribution in [0.5, 0.6) is 0 Å². The highest BCUT2D eigenvalue weighted by atomic mass is 32.2. The molecule has 0 saturated carbocycles. The summed E-state index contributed by atoms with van der Waals surface area (Å²) >= 11 is 0. The molecule has 0 amide bonds. The summed E-state index contributed by atoms with van der Waals surface area (Å²) in [5.74, 6) is -3.47. The predicted molar refractivity (Wildman–Crippen MR) is 73.7 cm³/mol. The van der Waals surface area contributed by atoms with Crippen LogP contribution in [0.2, 0.25) is 0 Å². The molecule has 0 fully saturated rings. The molecule has 0 atom stereocenters. The topological polar surface area (TPSA) is 66.4 Å². The Kier molecular flexibility index (Phi) is 5.47. The molecule has 0 heterocycles. The molecule has 7 heteroatoms. The van der Waals surface area contributed by atoms with E-state index in [1.165, 1.54) is 12.1 Å². The lowest BCUT2D eigenvalue weighted by Gasteiger charge is -2.32. The molecule has 1 aromatic rings. The number of sulfone groups is 1. The molecule has 1 rings (SSSR count). The maximum atomic E-state index is 12.7. The third-order valence-electron chi connectivity index (χ3n) is 3.48. The first kappa shape index (κ1) is 16.8. The highest BCUT2D eigenvalue weighted by Gasteiger charge is 2.32. The Labute approximate surface area is 117 Å². The average molecular weight is 307 g/mol. The van der Waals surface area contributed by atoms with E-state index in [2.05, 4.69) is 5.32 Å². The molecule has 0 unspecified atom stereocenters. The monoisotopic (exact) mass is 307 g/mol. The number of para-hydroxylation sites is 1. The summed E-state index contributed by atoms with van der Waals surface area (Å²) in [7, 11) is -4.68. The molecular weight excluding hydrogens is 288 g/mol. The first-order valence-electron chi connectivity index (χ1n) is 6.33. The Morgan fingerprint density at radius 3 is 2.25 bits per heavy atom. The van der Waals surface area contributed by atoms with E-state index in [0.717, 1.165) is 6.07 Å². The van der Waals surface area contributed by atoms with Gasteiger partial charge in [-0.2, -0.15) is 8.78 Å². The SMILES string of the molecule is CCC(CC)(CO)Nc1ccccc1S(=O)(=O)C(F)F. The summed E-state index contributed by atoms with van der Waals surface area (Å²) in [5, 5.41) is 12.4. The summed E-state index contributed by atoms with van der Waals surface area (Å²) in [6.07, 6.45) is 1.06. The lowest BCUT2D eigenvalue weighted by atomic mass is 9.93. The van der Waals surface area contributed by atoms with Crippen LogP contribution in [0.4, 0.5) is 14.5 Å². The smallest absolute Gasteiger partial charge is 0.341 e. The molecule has 0 spiro atoms. The fraction of sp³-hybridized carbons (Fsp3) is 0.538. The van der Waals surface area contributed by atoms with Gasteiger partial charge in [0.25, 0.3) is 0 Å². The van der Waals surface area contributed by atoms with Crippen molar-refractivity contribution >= 4 is 15.5 Å². The van der Waals surface area contributed by atoms with Crippen molar-refractivity contribution < 1.29 is 22.3 Å². The van der Waals surface area contributed by atoms with Gasteiger partial charge in [0.15, 0.2) is 0 Å². The van der Waals surface area contributed by atoms with Gasteiger partial charge >= 0.3 is 5.76 Å². The van der Waals surface area contributed by atoms with Crippen LogP contribution in [0.3, 0.4) is 0 Å². The molecule has 0 saturated heterocycles. The first-order chi connectivity index (χ1) is 9.33. The molecular formula is C13H19F2NO3S. The number of aliphatic hydroxyl groups is 1. The average Bonchev–Trinajstić information content (AvgIpc) is 2.45. The number of halogens is 2. The van der Waals surface area contributed by atoms with Crippen LogP contribution in [-0.2, 0) is 9.84 Å². The van der Waals surface area contributed by atoms with E-state index >= 15 is 0 Å². The number of hydrogen-bond donors (Lipinski definition) is 2. The lowest BCUT2D eigenvalue weighted by molar-refractivity contribution is 0.202. The second-order valence-corrected chi connectivity index (χ2v) is 6.46. The minimum absolute atomic E-state index is 0.0885.